The van der Waals surface area contributed by atoms with Crippen LogP contribution >= 0.6 is 0 Å². The Morgan fingerprint density at radius 3 is 2.83 bits per heavy atom. The van der Waals surface area contributed by atoms with Gasteiger partial charge in [-0.1, -0.05) is 0 Å². The zero-order valence-corrected chi connectivity index (χ0v) is 11.6. The first-order valence-electron chi connectivity index (χ1n) is 6.48. The van der Waals surface area contributed by atoms with E-state index in [4.69, 9.17) is 0 Å². The highest BCUT2D eigenvalue weighted by Gasteiger charge is 2.38. The van der Waals surface area contributed by atoms with Crippen molar-refractivity contribution >= 4 is 22.6 Å². The van der Waals surface area contributed by atoms with Crippen LogP contribution in [0.3, 0.4) is 0 Å². The van der Waals surface area contributed by atoms with Crippen molar-refractivity contribution in [3.63, 3.8) is 0 Å². The summed E-state index contributed by atoms with van der Waals surface area (Å²) in [5, 5.41) is 0. The summed E-state index contributed by atoms with van der Waals surface area (Å²) < 4.78 is 11.0. The Bertz CT molecular complexity index is 372. The summed E-state index contributed by atoms with van der Waals surface area (Å²) in [4.78, 5) is 27.7. The number of carbonyl (C=O) groups is 2. The van der Waals surface area contributed by atoms with Crippen molar-refractivity contribution in [3.05, 3.63) is 0 Å². The van der Waals surface area contributed by atoms with Gasteiger partial charge in [-0.25, -0.2) is 0 Å². The van der Waals surface area contributed by atoms with Crippen LogP contribution in [-0.2, 0) is 20.4 Å². The number of hydrogen-bond acceptors (Lipinski definition) is 3. The molecule has 0 spiro atoms. The van der Waals surface area contributed by atoms with E-state index in [-0.39, 0.29) is 17.9 Å². The highest BCUT2D eigenvalue weighted by Crippen LogP contribution is 2.23. The van der Waals surface area contributed by atoms with Crippen LogP contribution in [-0.4, -0.2) is 63.5 Å². The average Bonchev–Trinajstić information content (AvgIpc) is 2.77. The number of carbonyl (C=O) groups excluding carboxylic acids is 2. The molecule has 0 bridgehead atoms. The molecule has 2 rings (SSSR count). The molecule has 2 amide bonds. The second kappa shape index (κ2) is 5.82. The third-order valence-corrected chi connectivity index (χ3v) is 4.49. The van der Waals surface area contributed by atoms with Crippen molar-refractivity contribution in [2.24, 2.45) is 0 Å². The first kappa shape index (κ1) is 13.5. The van der Waals surface area contributed by atoms with Crippen LogP contribution in [0.1, 0.15) is 25.7 Å². The van der Waals surface area contributed by atoms with Gasteiger partial charge in [0.05, 0.1) is 0 Å². The Hall–Kier alpha value is -0.910. The highest BCUT2D eigenvalue weighted by atomic mass is 32.2. The maximum absolute atomic E-state index is 12.3. The van der Waals surface area contributed by atoms with Gasteiger partial charge in [0.2, 0.25) is 11.8 Å². The largest absolute Gasteiger partial charge is 0.340 e. The smallest absolute Gasteiger partial charge is 0.245 e. The fraction of sp³-hybridized carbons (Fsp3) is 0.833. The predicted octanol–water partition coefficient (Wildman–Crippen LogP) is -0.0217. The Balaban J connectivity index is 1.97. The minimum absolute atomic E-state index is 0.0836. The Kier molecular flexibility index (Phi) is 4.37. The first-order chi connectivity index (χ1) is 8.59. The summed E-state index contributed by atoms with van der Waals surface area (Å²) in [6.45, 7) is 1.86. The van der Waals surface area contributed by atoms with E-state index in [1.807, 2.05) is 0 Å². The van der Waals surface area contributed by atoms with E-state index in [0.29, 0.717) is 25.3 Å². The molecule has 18 heavy (non-hydrogen) atoms. The number of nitrogens with zero attached hydrogens (tertiary/aromatic N) is 2. The summed E-state index contributed by atoms with van der Waals surface area (Å²) in [5.41, 5.74) is 0. The van der Waals surface area contributed by atoms with Crippen LogP contribution in [0.2, 0.25) is 0 Å². The molecule has 2 saturated heterocycles. The summed E-state index contributed by atoms with van der Waals surface area (Å²) in [6, 6.07) is -0.230. The fourth-order valence-electron chi connectivity index (χ4n) is 2.70. The lowest BCUT2D eigenvalue weighted by molar-refractivity contribution is -0.139. The topological polar surface area (TPSA) is 57.7 Å². The molecule has 2 heterocycles. The quantitative estimate of drug-likeness (QED) is 0.722. The van der Waals surface area contributed by atoms with Gasteiger partial charge in [0, 0.05) is 48.9 Å². The summed E-state index contributed by atoms with van der Waals surface area (Å²) >= 11 is 0. The predicted molar refractivity (Wildman–Crippen MR) is 69.5 cm³/mol. The third kappa shape index (κ3) is 2.91. The maximum atomic E-state index is 12.3. The molecule has 2 atom stereocenters. The summed E-state index contributed by atoms with van der Waals surface area (Å²) in [6.07, 6.45) is 4.56. The summed E-state index contributed by atoms with van der Waals surface area (Å²) in [5.74, 6) is 0.805. The van der Waals surface area contributed by atoms with Gasteiger partial charge >= 0.3 is 0 Å². The lowest BCUT2D eigenvalue weighted by Crippen LogP contribution is -2.44. The number of rotatable bonds is 4. The minimum Gasteiger partial charge on any atom is -0.340 e. The van der Waals surface area contributed by atoms with Crippen molar-refractivity contribution in [2.45, 2.75) is 31.7 Å². The molecule has 0 N–H and O–H groups in total. The zero-order chi connectivity index (χ0) is 13.1. The van der Waals surface area contributed by atoms with E-state index in [0.717, 1.165) is 25.8 Å². The van der Waals surface area contributed by atoms with Crippen LogP contribution in [0.25, 0.3) is 0 Å². The van der Waals surface area contributed by atoms with E-state index in [2.05, 4.69) is 0 Å². The molecule has 6 heteroatoms. The van der Waals surface area contributed by atoms with Gasteiger partial charge in [-0.3, -0.25) is 13.8 Å². The zero-order valence-electron chi connectivity index (χ0n) is 10.8. The second-order valence-corrected chi connectivity index (χ2v) is 6.51. The van der Waals surface area contributed by atoms with Crippen molar-refractivity contribution in [2.75, 3.05) is 31.6 Å². The standard InChI is InChI=1S/C12H20N2O3S/c1-18(17)9-3-6-13-8-5-11(15)14-7-2-4-10(14)12(13)16/h10H,2-9H2,1H3. The van der Waals surface area contributed by atoms with Gasteiger partial charge in [-0.05, 0) is 19.3 Å². The Labute approximate surface area is 110 Å². The molecule has 0 radical (unpaired) electrons. The highest BCUT2D eigenvalue weighted by molar-refractivity contribution is 7.84. The normalized spacial score (nSPS) is 26.2. The van der Waals surface area contributed by atoms with Gasteiger partial charge in [-0.15, -0.1) is 0 Å². The van der Waals surface area contributed by atoms with E-state index >= 15 is 0 Å². The molecule has 5 nitrogen and oxygen atoms in total. The molecule has 0 aromatic rings. The van der Waals surface area contributed by atoms with Gasteiger partial charge in [0.25, 0.3) is 0 Å². The fourth-order valence-corrected chi connectivity index (χ4v) is 3.23. The third-order valence-electron chi connectivity index (χ3n) is 3.63. The van der Waals surface area contributed by atoms with Crippen LogP contribution in [0.15, 0.2) is 0 Å². The number of hydrogen-bond donors (Lipinski definition) is 0. The van der Waals surface area contributed by atoms with Crippen molar-refractivity contribution in [3.8, 4) is 0 Å². The Morgan fingerprint density at radius 2 is 2.11 bits per heavy atom. The molecule has 0 aromatic carbocycles. The molecule has 0 aromatic heterocycles. The second-order valence-electron chi connectivity index (χ2n) is 4.95. The van der Waals surface area contributed by atoms with E-state index in [1.165, 1.54) is 0 Å². The molecular weight excluding hydrogens is 252 g/mol. The Morgan fingerprint density at radius 1 is 1.33 bits per heavy atom. The van der Waals surface area contributed by atoms with Crippen LogP contribution in [0.5, 0.6) is 0 Å². The van der Waals surface area contributed by atoms with E-state index in [9.17, 15) is 13.8 Å². The van der Waals surface area contributed by atoms with Gasteiger partial charge in [-0.2, -0.15) is 0 Å². The SMILES string of the molecule is CS(=O)CCCN1CCC(=O)N2CCCC2C1=O. The number of fused-ring (bicyclic) bond motifs is 1. The van der Waals surface area contributed by atoms with Crippen molar-refractivity contribution < 1.29 is 13.8 Å². The van der Waals surface area contributed by atoms with Crippen molar-refractivity contribution in [1.82, 2.24) is 9.80 Å². The van der Waals surface area contributed by atoms with Crippen LogP contribution < -0.4 is 0 Å². The van der Waals surface area contributed by atoms with Gasteiger partial charge < -0.3 is 9.80 Å². The lowest BCUT2D eigenvalue weighted by atomic mass is 10.2. The monoisotopic (exact) mass is 272 g/mol. The molecule has 2 fully saturated rings. The first-order valence-corrected chi connectivity index (χ1v) is 8.20. The van der Waals surface area contributed by atoms with Crippen molar-refractivity contribution in [1.29, 1.82) is 0 Å². The molecule has 0 saturated carbocycles. The minimum atomic E-state index is -0.813. The lowest BCUT2D eigenvalue weighted by Gasteiger charge is -2.25. The van der Waals surface area contributed by atoms with Gasteiger partial charge in [0.1, 0.15) is 6.04 Å². The van der Waals surface area contributed by atoms with E-state index < -0.39 is 10.8 Å². The molecule has 102 valence electrons. The van der Waals surface area contributed by atoms with Gasteiger partial charge in [0.15, 0.2) is 0 Å². The van der Waals surface area contributed by atoms with E-state index in [1.54, 1.807) is 16.1 Å². The molecular formula is C12H20N2O3S. The van der Waals surface area contributed by atoms with Crippen LogP contribution in [0, 0.1) is 0 Å². The summed E-state index contributed by atoms with van der Waals surface area (Å²) in [7, 11) is -0.813. The molecule has 2 unspecified atom stereocenters. The molecule has 2 aliphatic rings. The van der Waals surface area contributed by atoms with Crippen LogP contribution in [0.4, 0.5) is 0 Å². The molecule has 0 aliphatic carbocycles. The molecule has 2 aliphatic heterocycles. The maximum Gasteiger partial charge on any atom is 0.245 e. The number of amides is 2. The average molecular weight is 272 g/mol.